The highest BCUT2D eigenvalue weighted by molar-refractivity contribution is 8.00. The van der Waals surface area contributed by atoms with Gasteiger partial charge in [-0.3, -0.25) is 0 Å². The van der Waals surface area contributed by atoms with E-state index < -0.39 is 10.9 Å². The quantitative estimate of drug-likeness (QED) is 0.677. The maximum absolute atomic E-state index is 9.04. The van der Waals surface area contributed by atoms with Crippen LogP contribution >= 0.6 is 23.5 Å². The number of aliphatic hydroxyl groups excluding tert-OH is 2. The molecule has 0 aliphatic carbocycles. The zero-order valence-electron chi connectivity index (χ0n) is 8.43. The van der Waals surface area contributed by atoms with Gasteiger partial charge in [0.25, 0.3) is 0 Å². The number of rotatable bonds is 6. The van der Waals surface area contributed by atoms with Crippen LogP contribution in [0.25, 0.3) is 0 Å². The van der Waals surface area contributed by atoms with Crippen LogP contribution in [0.4, 0.5) is 0 Å². The summed E-state index contributed by atoms with van der Waals surface area (Å²) in [7, 11) is 0. The molecular formula is C8H18O3S2. The van der Waals surface area contributed by atoms with Crippen molar-refractivity contribution in [2.24, 2.45) is 0 Å². The molecule has 0 spiro atoms. The normalized spacial score (nSPS) is 20.8. The second-order valence-electron chi connectivity index (χ2n) is 2.74. The maximum atomic E-state index is 9.04. The molecule has 0 saturated carbocycles. The van der Waals surface area contributed by atoms with Gasteiger partial charge in [0.2, 0.25) is 0 Å². The summed E-state index contributed by atoms with van der Waals surface area (Å²) in [6.45, 7) is 7.18. The van der Waals surface area contributed by atoms with E-state index in [0.717, 1.165) is 0 Å². The molecule has 0 amide bonds. The lowest BCUT2D eigenvalue weighted by atomic mass is 10.8. The zero-order chi connectivity index (χ0) is 10.4. The minimum atomic E-state index is -0.418. The molecule has 0 bridgehead atoms. The average Bonchev–Trinajstić information content (AvgIpc) is 1.80. The summed E-state index contributed by atoms with van der Waals surface area (Å²) < 4.78 is 5.48. The van der Waals surface area contributed by atoms with Crippen molar-refractivity contribution in [1.29, 1.82) is 0 Å². The van der Waals surface area contributed by atoms with Crippen LogP contribution in [-0.2, 0) is 4.74 Å². The Morgan fingerprint density at radius 1 is 0.846 bits per heavy atom. The van der Waals surface area contributed by atoms with E-state index in [1.165, 1.54) is 23.5 Å². The molecule has 4 unspecified atom stereocenters. The molecule has 0 heterocycles. The molecule has 13 heavy (non-hydrogen) atoms. The van der Waals surface area contributed by atoms with Crippen LogP contribution in [0.2, 0.25) is 0 Å². The van der Waals surface area contributed by atoms with Crippen molar-refractivity contribution in [2.75, 3.05) is 0 Å². The van der Waals surface area contributed by atoms with E-state index in [-0.39, 0.29) is 10.9 Å². The number of hydrogen-bond donors (Lipinski definition) is 2. The summed E-state index contributed by atoms with van der Waals surface area (Å²) in [5.74, 6) is 0. The molecule has 0 aliphatic heterocycles. The highest BCUT2D eigenvalue weighted by atomic mass is 32.2. The van der Waals surface area contributed by atoms with Crippen molar-refractivity contribution in [1.82, 2.24) is 0 Å². The maximum Gasteiger partial charge on any atom is 0.104 e. The van der Waals surface area contributed by atoms with Gasteiger partial charge in [-0.1, -0.05) is 23.5 Å². The lowest BCUT2D eigenvalue weighted by Crippen LogP contribution is -2.16. The number of ether oxygens (including phenoxy) is 1. The van der Waals surface area contributed by atoms with E-state index in [1.54, 1.807) is 13.8 Å². The molecule has 0 rings (SSSR count). The molecule has 0 aromatic rings. The second kappa shape index (κ2) is 6.95. The fourth-order valence-corrected chi connectivity index (χ4v) is 2.53. The predicted molar refractivity (Wildman–Crippen MR) is 58.6 cm³/mol. The third-order valence-corrected chi connectivity index (χ3v) is 2.94. The molecule has 0 fully saturated rings. The van der Waals surface area contributed by atoms with Gasteiger partial charge in [0.05, 0.1) is 10.9 Å². The highest BCUT2D eigenvalue weighted by Crippen LogP contribution is 2.23. The lowest BCUT2D eigenvalue weighted by Gasteiger charge is -2.20. The van der Waals surface area contributed by atoms with Crippen LogP contribution in [0.1, 0.15) is 27.7 Å². The van der Waals surface area contributed by atoms with Crippen LogP contribution in [0, 0.1) is 0 Å². The summed E-state index contributed by atoms with van der Waals surface area (Å²) in [6, 6.07) is 0. The summed E-state index contributed by atoms with van der Waals surface area (Å²) in [6.07, 6.45) is 0. The van der Waals surface area contributed by atoms with Crippen molar-refractivity contribution in [3.63, 3.8) is 0 Å². The van der Waals surface area contributed by atoms with Crippen LogP contribution in [0.3, 0.4) is 0 Å². The van der Waals surface area contributed by atoms with E-state index in [9.17, 15) is 0 Å². The van der Waals surface area contributed by atoms with Gasteiger partial charge in [-0.25, -0.2) is 0 Å². The van der Waals surface area contributed by atoms with Crippen LogP contribution in [-0.4, -0.2) is 32.0 Å². The Hall–Kier alpha value is 0.580. The SMILES string of the molecule is CC(O)SC(C)OC(C)SC(C)O. The van der Waals surface area contributed by atoms with E-state index in [2.05, 4.69) is 0 Å². The Morgan fingerprint density at radius 3 is 1.38 bits per heavy atom. The molecule has 4 atom stereocenters. The Labute approximate surface area is 88.2 Å². The largest absolute Gasteiger partial charge is 0.383 e. The van der Waals surface area contributed by atoms with Gasteiger partial charge >= 0.3 is 0 Å². The van der Waals surface area contributed by atoms with Crippen molar-refractivity contribution in [2.45, 2.75) is 49.4 Å². The van der Waals surface area contributed by atoms with Crippen molar-refractivity contribution in [3.8, 4) is 0 Å². The molecule has 80 valence electrons. The van der Waals surface area contributed by atoms with Gasteiger partial charge < -0.3 is 14.9 Å². The molecule has 0 aromatic carbocycles. The highest BCUT2D eigenvalue weighted by Gasteiger charge is 2.13. The Balaban J connectivity index is 3.58. The van der Waals surface area contributed by atoms with Crippen molar-refractivity contribution >= 4 is 23.5 Å². The van der Waals surface area contributed by atoms with E-state index >= 15 is 0 Å². The average molecular weight is 226 g/mol. The monoisotopic (exact) mass is 226 g/mol. The fraction of sp³-hybridized carbons (Fsp3) is 1.00. The minimum absolute atomic E-state index is 0.0544. The van der Waals surface area contributed by atoms with Gasteiger partial charge in [0.15, 0.2) is 0 Å². The third-order valence-electron chi connectivity index (χ3n) is 1.16. The number of aliphatic hydroxyl groups is 2. The first-order chi connectivity index (χ1) is 5.91. The summed E-state index contributed by atoms with van der Waals surface area (Å²) in [4.78, 5) is 0. The molecule has 3 nitrogen and oxygen atoms in total. The topological polar surface area (TPSA) is 49.7 Å². The number of thioether (sulfide) groups is 2. The first kappa shape index (κ1) is 13.6. The lowest BCUT2D eigenvalue weighted by molar-refractivity contribution is 0.108. The smallest absolute Gasteiger partial charge is 0.104 e. The minimum Gasteiger partial charge on any atom is -0.383 e. The first-order valence-corrected chi connectivity index (χ1v) is 6.13. The molecule has 0 aromatic heterocycles. The molecule has 2 N–H and O–H groups in total. The third kappa shape index (κ3) is 8.90. The molecule has 0 radical (unpaired) electrons. The summed E-state index contributed by atoms with van der Waals surface area (Å²) in [5, 5.41) is 18.1. The molecule has 5 heteroatoms. The summed E-state index contributed by atoms with van der Waals surface area (Å²) in [5.41, 5.74) is -0.944. The van der Waals surface area contributed by atoms with E-state index in [4.69, 9.17) is 14.9 Å². The zero-order valence-corrected chi connectivity index (χ0v) is 10.1. The van der Waals surface area contributed by atoms with Crippen LogP contribution in [0.15, 0.2) is 0 Å². The van der Waals surface area contributed by atoms with Crippen LogP contribution < -0.4 is 0 Å². The van der Waals surface area contributed by atoms with Gasteiger partial charge in [0.1, 0.15) is 10.9 Å². The van der Waals surface area contributed by atoms with Gasteiger partial charge in [-0.15, -0.1) is 0 Å². The summed E-state index contributed by atoms with van der Waals surface area (Å²) >= 11 is 2.70. The Bertz CT molecular complexity index is 117. The molecule has 0 aliphatic rings. The molecule has 0 saturated heterocycles. The van der Waals surface area contributed by atoms with E-state index in [0.29, 0.717) is 0 Å². The number of hydrogen-bond acceptors (Lipinski definition) is 5. The predicted octanol–water partition coefficient (Wildman–Crippen LogP) is 1.84. The van der Waals surface area contributed by atoms with Crippen molar-refractivity contribution in [3.05, 3.63) is 0 Å². The Kier molecular flexibility index (Phi) is 7.26. The standard InChI is InChI=1S/C8H18O3S2/c1-5(9)12-7(3)11-8(4)13-6(2)10/h5-10H,1-4H3. The second-order valence-corrected chi connectivity index (χ2v) is 5.98. The van der Waals surface area contributed by atoms with E-state index in [1.807, 2.05) is 13.8 Å². The van der Waals surface area contributed by atoms with Crippen LogP contribution in [0.5, 0.6) is 0 Å². The Morgan fingerprint density at radius 2 is 1.15 bits per heavy atom. The first-order valence-electron chi connectivity index (χ1n) is 4.24. The van der Waals surface area contributed by atoms with Gasteiger partial charge in [-0.2, -0.15) is 0 Å². The fourth-order valence-electron chi connectivity index (χ4n) is 0.889. The van der Waals surface area contributed by atoms with Gasteiger partial charge in [0, 0.05) is 0 Å². The van der Waals surface area contributed by atoms with Crippen molar-refractivity contribution < 1.29 is 14.9 Å². The molecular weight excluding hydrogens is 208 g/mol. The van der Waals surface area contributed by atoms with Gasteiger partial charge in [-0.05, 0) is 27.7 Å².